The van der Waals surface area contributed by atoms with E-state index in [1.807, 2.05) is 6.07 Å². The molecule has 1 rings (SSSR count). The van der Waals surface area contributed by atoms with Gasteiger partial charge in [0.25, 0.3) is 0 Å². The van der Waals surface area contributed by atoms with Crippen LogP contribution in [0.2, 0.25) is 0 Å². The van der Waals surface area contributed by atoms with Crippen LogP contribution in [0.4, 0.5) is 0 Å². The van der Waals surface area contributed by atoms with E-state index in [9.17, 15) is 9.90 Å². The van der Waals surface area contributed by atoms with E-state index in [-0.39, 0.29) is 16.9 Å². The Kier molecular flexibility index (Phi) is 2.73. The average molecular weight is 191 g/mol. The van der Waals surface area contributed by atoms with Gasteiger partial charge in [-0.05, 0) is 24.6 Å². The molecule has 72 valence electrons. The number of carbonyl (C=O) groups excluding carboxylic acids is 1. The molecule has 0 saturated heterocycles. The number of aromatic hydroxyl groups is 1. The third-order valence-electron chi connectivity index (χ3n) is 1.84. The number of aryl methyl sites for hydroxylation is 1. The summed E-state index contributed by atoms with van der Waals surface area (Å²) >= 11 is 0. The highest BCUT2D eigenvalue weighted by molar-refractivity contribution is 5.93. The van der Waals surface area contributed by atoms with Gasteiger partial charge in [0, 0.05) is 0 Å². The van der Waals surface area contributed by atoms with Crippen molar-refractivity contribution >= 4 is 5.97 Å². The minimum atomic E-state index is -0.624. The number of carbonyl (C=O) groups is 1. The number of esters is 1. The van der Waals surface area contributed by atoms with Crippen LogP contribution >= 0.6 is 0 Å². The van der Waals surface area contributed by atoms with Crippen molar-refractivity contribution in [2.45, 2.75) is 6.92 Å². The fourth-order valence-electron chi connectivity index (χ4n) is 1.19. The number of hydrogen-bond donors (Lipinski definition) is 1. The van der Waals surface area contributed by atoms with Crippen LogP contribution in [0.1, 0.15) is 21.5 Å². The van der Waals surface area contributed by atoms with Crippen molar-refractivity contribution in [1.29, 1.82) is 5.26 Å². The summed E-state index contributed by atoms with van der Waals surface area (Å²) in [7, 11) is 1.23. The Morgan fingerprint density at radius 1 is 1.57 bits per heavy atom. The first-order valence-corrected chi connectivity index (χ1v) is 3.92. The van der Waals surface area contributed by atoms with Crippen LogP contribution in [0.15, 0.2) is 12.1 Å². The molecule has 0 amide bonds. The van der Waals surface area contributed by atoms with E-state index in [0.717, 1.165) is 0 Å². The van der Waals surface area contributed by atoms with Crippen molar-refractivity contribution in [3.05, 3.63) is 28.8 Å². The lowest BCUT2D eigenvalue weighted by Gasteiger charge is -2.05. The van der Waals surface area contributed by atoms with Crippen LogP contribution in [0.5, 0.6) is 5.75 Å². The predicted octanol–water partition coefficient (Wildman–Crippen LogP) is 1.36. The topological polar surface area (TPSA) is 70.3 Å². The van der Waals surface area contributed by atoms with Crippen LogP contribution in [0, 0.1) is 18.3 Å². The zero-order valence-corrected chi connectivity index (χ0v) is 7.87. The van der Waals surface area contributed by atoms with Gasteiger partial charge in [-0.25, -0.2) is 4.79 Å². The van der Waals surface area contributed by atoms with Gasteiger partial charge in [-0.1, -0.05) is 0 Å². The number of hydrogen-bond acceptors (Lipinski definition) is 4. The molecule has 0 aromatic heterocycles. The van der Waals surface area contributed by atoms with Gasteiger partial charge in [0.2, 0.25) is 0 Å². The lowest BCUT2D eigenvalue weighted by Crippen LogP contribution is -2.05. The second-order valence-electron chi connectivity index (χ2n) is 2.79. The van der Waals surface area contributed by atoms with Gasteiger partial charge in [0.05, 0.1) is 18.2 Å². The van der Waals surface area contributed by atoms with Crippen molar-refractivity contribution in [2.75, 3.05) is 7.11 Å². The zero-order chi connectivity index (χ0) is 10.7. The number of nitrogens with zero attached hydrogens (tertiary/aromatic N) is 1. The summed E-state index contributed by atoms with van der Waals surface area (Å²) in [6.45, 7) is 1.64. The van der Waals surface area contributed by atoms with Crippen molar-refractivity contribution in [2.24, 2.45) is 0 Å². The SMILES string of the molecule is COC(=O)c1cc(O)cc(C)c1C#N. The number of ether oxygens (including phenoxy) is 1. The molecule has 14 heavy (non-hydrogen) atoms. The lowest BCUT2D eigenvalue weighted by atomic mass is 10.0. The summed E-state index contributed by atoms with van der Waals surface area (Å²) in [6, 6.07) is 4.54. The second kappa shape index (κ2) is 3.79. The van der Waals surface area contributed by atoms with Gasteiger partial charge in [-0.2, -0.15) is 5.26 Å². The van der Waals surface area contributed by atoms with Gasteiger partial charge in [-0.15, -0.1) is 0 Å². The Hall–Kier alpha value is -2.02. The molecule has 4 nitrogen and oxygen atoms in total. The summed E-state index contributed by atoms with van der Waals surface area (Å²) in [5.41, 5.74) is 0.870. The Balaban J connectivity index is 3.41. The maximum atomic E-state index is 11.2. The van der Waals surface area contributed by atoms with Gasteiger partial charge < -0.3 is 9.84 Å². The molecule has 0 fully saturated rings. The van der Waals surface area contributed by atoms with E-state index in [0.29, 0.717) is 5.56 Å². The quantitative estimate of drug-likeness (QED) is 0.680. The largest absolute Gasteiger partial charge is 0.508 e. The fourth-order valence-corrected chi connectivity index (χ4v) is 1.19. The van der Waals surface area contributed by atoms with Crippen LogP contribution in [-0.4, -0.2) is 18.2 Å². The fraction of sp³-hybridized carbons (Fsp3) is 0.200. The lowest BCUT2D eigenvalue weighted by molar-refractivity contribution is 0.0600. The number of phenolic OH excluding ortho intramolecular Hbond substituents is 1. The predicted molar refractivity (Wildman–Crippen MR) is 48.9 cm³/mol. The highest BCUT2D eigenvalue weighted by Crippen LogP contribution is 2.21. The number of rotatable bonds is 1. The Labute approximate surface area is 81.4 Å². The molecular formula is C10H9NO3. The third-order valence-corrected chi connectivity index (χ3v) is 1.84. The van der Waals surface area contributed by atoms with Gasteiger partial charge in [0.1, 0.15) is 11.8 Å². The van der Waals surface area contributed by atoms with Crippen molar-refractivity contribution in [3.63, 3.8) is 0 Å². The molecule has 0 aliphatic rings. The van der Waals surface area contributed by atoms with Crippen molar-refractivity contribution in [1.82, 2.24) is 0 Å². The third kappa shape index (κ3) is 1.67. The van der Waals surface area contributed by atoms with E-state index in [2.05, 4.69) is 4.74 Å². The van der Waals surface area contributed by atoms with E-state index in [1.165, 1.54) is 19.2 Å². The van der Waals surface area contributed by atoms with E-state index >= 15 is 0 Å². The summed E-state index contributed by atoms with van der Waals surface area (Å²) in [5.74, 6) is -0.678. The summed E-state index contributed by atoms with van der Waals surface area (Å²) in [5, 5.41) is 18.0. The van der Waals surface area contributed by atoms with Crippen molar-refractivity contribution < 1.29 is 14.6 Å². The van der Waals surface area contributed by atoms with E-state index in [4.69, 9.17) is 5.26 Å². The second-order valence-corrected chi connectivity index (χ2v) is 2.79. The molecule has 0 unspecified atom stereocenters. The minimum absolute atomic E-state index is 0.0538. The number of phenols is 1. The first-order valence-electron chi connectivity index (χ1n) is 3.92. The molecule has 0 radical (unpaired) electrons. The van der Waals surface area contributed by atoms with Gasteiger partial charge in [-0.3, -0.25) is 0 Å². The first-order chi connectivity index (χ1) is 6.60. The molecule has 0 bridgehead atoms. The normalized spacial score (nSPS) is 9.21. The molecule has 1 aromatic carbocycles. The monoisotopic (exact) mass is 191 g/mol. The molecule has 0 aliphatic heterocycles. The minimum Gasteiger partial charge on any atom is -0.508 e. The molecule has 0 spiro atoms. The molecule has 0 heterocycles. The maximum Gasteiger partial charge on any atom is 0.339 e. The van der Waals surface area contributed by atoms with Gasteiger partial charge >= 0.3 is 5.97 Å². The van der Waals surface area contributed by atoms with Crippen LogP contribution in [0.3, 0.4) is 0 Å². The van der Waals surface area contributed by atoms with E-state index in [1.54, 1.807) is 6.92 Å². The Morgan fingerprint density at radius 3 is 2.71 bits per heavy atom. The highest BCUT2D eigenvalue weighted by atomic mass is 16.5. The van der Waals surface area contributed by atoms with Crippen molar-refractivity contribution in [3.8, 4) is 11.8 Å². The molecule has 4 heteroatoms. The van der Waals surface area contributed by atoms with Gasteiger partial charge in [0.15, 0.2) is 0 Å². The average Bonchev–Trinajstić information content (AvgIpc) is 2.15. The molecule has 0 atom stereocenters. The summed E-state index contributed by atoms with van der Waals surface area (Å²) in [4.78, 5) is 11.2. The summed E-state index contributed by atoms with van der Waals surface area (Å²) in [6.07, 6.45) is 0. The number of methoxy groups -OCH3 is 1. The van der Waals surface area contributed by atoms with E-state index < -0.39 is 5.97 Å². The standard InChI is InChI=1S/C10H9NO3/c1-6-3-7(12)4-8(9(6)5-11)10(13)14-2/h3-4,12H,1-2H3. The smallest absolute Gasteiger partial charge is 0.339 e. The Morgan fingerprint density at radius 2 is 2.21 bits per heavy atom. The van der Waals surface area contributed by atoms with Crippen LogP contribution in [0.25, 0.3) is 0 Å². The molecule has 0 aliphatic carbocycles. The number of benzene rings is 1. The summed E-state index contributed by atoms with van der Waals surface area (Å²) < 4.78 is 4.49. The Bertz CT molecular complexity index is 418. The molecule has 1 aromatic rings. The zero-order valence-electron chi connectivity index (χ0n) is 7.87. The molecule has 1 N–H and O–H groups in total. The first kappa shape index (κ1) is 10.1. The number of nitriles is 1. The van der Waals surface area contributed by atoms with Crippen LogP contribution in [-0.2, 0) is 4.74 Å². The maximum absolute atomic E-state index is 11.2. The highest BCUT2D eigenvalue weighted by Gasteiger charge is 2.14. The van der Waals surface area contributed by atoms with Crippen LogP contribution < -0.4 is 0 Å². The molecule has 0 saturated carbocycles. The molecular weight excluding hydrogens is 182 g/mol.